The molecule has 0 spiro atoms. The monoisotopic (exact) mass is 282 g/mol. The predicted molar refractivity (Wildman–Crippen MR) is 61.0 cm³/mol. The van der Waals surface area contributed by atoms with Crippen LogP contribution in [0.4, 0.5) is 0 Å². The molecule has 98 valence electrons. The van der Waals surface area contributed by atoms with Crippen molar-refractivity contribution in [2.75, 3.05) is 12.3 Å². The van der Waals surface area contributed by atoms with E-state index < -0.39 is 20.0 Å². The van der Waals surface area contributed by atoms with Crippen molar-refractivity contribution >= 4 is 20.0 Å². The van der Waals surface area contributed by atoms with Crippen LogP contribution in [0.1, 0.15) is 6.42 Å². The highest BCUT2D eigenvalue weighted by molar-refractivity contribution is 7.89. The lowest BCUT2D eigenvalue weighted by molar-refractivity contribution is 0.574. The van der Waals surface area contributed by atoms with Crippen molar-refractivity contribution in [1.29, 1.82) is 0 Å². The van der Waals surface area contributed by atoms with Crippen molar-refractivity contribution in [2.24, 2.45) is 12.2 Å². The molecule has 1 rings (SSSR count). The lowest BCUT2D eigenvalue weighted by atomic mass is 10.5. The first-order chi connectivity index (χ1) is 7.71. The third-order valence-electron chi connectivity index (χ3n) is 1.85. The highest BCUT2D eigenvalue weighted by atomic mass is 32.2. The molecule has 0 radical (unpaired) electrons. The molecular weight excluding hydrogens is 268 g/mol. The minimum atomic E-state index is -3.67. The van der Waals surface area contributed by atoms with Crippen LogP contribution in [0.3, 0.4) is 0 Å². The molecule has 0 saturated heterocycles. The van der Waals surface area contributed by atoms with E-state index in [2.05, 4.69) is 9.71 Å². The fourth-order valence-corrected chi connectivity index (χ4v) is 2.68. The van der Waals surface area contributed by atoms with Crippen LogP contribution >= 0.6 is 0 Å². The molecular formula is C7H14N4O4S2. The maximum absolute atomic E-state index is 11.6. The molecule has 0 fully saturated rings. The zero-order valence-corrected chi connectivity index (χ0v) is 10.8. The number of hydrogen-bond donors (Lipinski definition) is 2. The molecule has 10 heteroatoms. The zero-order chi connectivity index (χ0) is 13.1. The quantitative estimate of drug-likeness (QED) is 0.607. The first kappa shape index (κ1) is 14.1. The first-order valence-electron chi connectivity index (χ1n) is 4.69. The summed E-state index contributed by atoms with van der Waals surface area (Å²) < 4.78 is 48.2. The van der Waals surface area contributed by atoms with Gasteiger partial charge in [0.1, 0.15) is 0 Å². The second-order valence-electron chi connectivity index (χ2n) is 3.50. The minimum absolute atomic E-state index is 0.00463. The van der Waals surface area contributed by atoms with Gasteiger partial charge >= 0.3 is 0 Å². The van der Waals surface area contributed by atoms with Crippen molar-refractivity contribution in [2.45, 2.75) is 11.4 Å². The molecule has 0 atom stereocenters. The molecule has 0 unspecified atom stereocenters. The van der Waals surface area contributed by atoms with E-state index in [9.17, 15) is 16.8 Å². The molecule has 1 heterocycles. The van der Waals surface area contributed by atoms with E-state index in [4.69, 9.17) is 5.14 Å². The van der Waals surface area contributed by atoms with E-state index in [0.717, 1.165) is 0 Å². The number of primary sulfonamides is 1. The van der Waals surface area contributed by atoms with Crippen LogP contribution in [0.2, 0.25) is 0 Å². The Balaban J connectivity index is 2.52. The maximum Gasteiger partial charge on any atom is 0.259 e. The van der Waals surface area contributed by atoms with Gasteiger partial charge in [0.2, 0.25) is 10.0 Å². The molecule has 0 aliphatic heterocycles. The van der Waals surface area contributed by atoms with Crippen LogP contribution in [-0.2, 0) is 27.1 Å². The SMILES string of the molecule is Cn1cnc(S(=O)(=O)NCCCS(N)(=O)=O)c1. The van der Waals surface area contributed by atoms with Crippen molar-refractivity contribution in [1.82, 2.24) is 14.3 Å². The fraction of sp³-hybridized carbons (Fsp3) is 0.571. The van der Waals surface area contributed by atoms with E-state index >= 15 is 0 Å². The topological polar surface area (TPSA) is 124 Å². The van der Waals surface area contributed by atoms with Gasteiger partial charge in [-0.1, -0.05) is 0 Å². The average Bonchev–Trinajstić information content (AvgIpc) is 2.59. The van der Waals surface area contributed by atoms with Gasteiger partial charge in [0.25, 0.3) is 10.0 Å². The molecule has 1 aromatic heterocycles. The molecule has 0 aliphatic carbocycles. The summed E-state index contributed by atoms with van der Waals surface area (Å²) in [5, 5.41) is 4.68. The highest BCUT2D eigenvalue weighted by Gasteiger charge is 2.16. The third kappa shape index (κ3) is 4.81. The average molecular weight is 282 g/mol. The molecule has 1 aromatic rings. The Bertz CT molecular complexity index is 575. The number of sulfonamides is 2. The minimum Gasteiger partial charge on any atom is -0.339 e. The van der Waals surface area contributed by atoms with Crippen LogP contribution < -0.4 is 9.86 Å². The van der Waals surface area contributed by atoms with Crippen molar-refractivity contribution < 1.29 is 16.8 Å². The molecule has 3 N–H and O–H groups in total. The Morgan fingerprint density at radius 1 is 1.41 bits per heavy atom. The summed E-state index contributed by atoms with van der Waals surface area (Å²) in [6.07, 6.45) is 2.83. The first-order valence-corrected chi connectivity index (χ1v) is 7.89. The molecule has 0 amide bonds. The second-order valence-corrected chi connectivity index (χ2v) is 6.94. The summed E-state index contributed by atoms with van der Waals surface area (Å²) in [4.78, 5) is 3.68. The summed E-state index contributed by atoms with van der Waals surface area (Å²) in [5.41, 5.74) is 0. The third-order valence-corrected chi connectivity index (χ3v) is 4.06. The smallest absolute Gasteiger partial charge is 0.259 e. The van der Waals surface area contributed by atoms with Gasteiger partial charge in [-0.3, -0.25) is 0 Å². The van der Waals surface area contributed by atoms with E-state index in [1.807, 2.05) is 0 Å². The predicted octanol–water partition coefficient (Wildman–Crippen LogP) is -1.62. The number of aromatic nitrogens is 2. The zero-order valence-electron chi connectivity index (χ0n) is 9.20. The molecule has 0 aliphatic rings. The molecule has 0 saturated carbocycles. The van der Waals surface area contributed by atoms with Gasteiger partial charge in [-0.2, -0.15) is 0 Å². The van der Waals surface area contributed by atoms with Crippen LogP contribution in [0.15, 0.2) is 17.6 Å². The van der Waals surface area contributed by atoms with Gasteiger partial charge in [-0.15, -0.1) is 0 Å². The maximum atomic E-state index is 11.6. The largest absolute Gasteiger partial charge is 0.339 e. The van der Waals surface area contributed by atoms with Gasteiger partial charge in [0.05, 0.1) is 12.1 Å². The van der Waals surface area contributed by atoms with Crippen LogP contribution in [0.5, 0.6) is 0 Å². The van der Waals surface area contributed by atoms with E-state index in [1.165, 1.54) is 17.1 Å². The normalized spacial score (nSPS) is 12.8. The number of rotatable bonds is 6. The summed E-state index contributed by atoms with van der Waals surface area (Å²) in [6.45, 7) is -0.00463. The van der Waals surface area contributed by atoms with Crippen molar-refractivity contribution in [3.8, 4) is 0 Å². The summed E-state index contributed by atoms with van der Waals surface area (Å²) in [7, 11) is -5.59. The van der Waals surface area contributed by atoms with Gasteiger partial charge in [0.15, 0.2) is 5.03 Å². The van der Waals surface area contributed by atoms with Gasteiger partial charge in [-0.05, 0) is 6.42 Å². The molecule has 8 nitrogen and oxygen atoms in total. The summed E-state index contributed by atoms with van der Waals surface area (Å²) in [6, 6.07) is 0. The fourth-order valence-electron chi connectivity index (χ4n) is 1.08. The van der Waals surface area contributed by atoms with E-state index in [1.54, 1.807) is 7.05 Å². The highest BCUT2D eigenvalue weighted by Crippen LogP contribution is 2.03. The second kappa shape index (κ2) is 5.12. The number of nitrogens with one attached hydrogen (secondary N) is 1. The molecule has 0 aromatic carbocycles. The van der Waals surface area contributed by atoms with Crippen LogP contribution in [0.25, 0.3) is 0 Å². The van der Waals surface area contributed by atoms with Gasteiger partial charge < -0.3 is 4.57 Å². The number of imidazole rings is 1. The number of nitrogens with zero attached hydrogens (tertiary/aromatic N) is 2. The lowest BCUT2D eigenvalue weighted by Gasteiger charge is -2.03. The summed E-state index contributed by atoms with van der Waals surface area (Å²) >= 11 is 0. The Labute approximate surface area is 99.9 Å². The van der Waals surface area contributed by atoms with Crippen molar-refractivity contribution in [3.63, 3.8) is 0 Å². The Morgan fingerprint density at radius 3 is 2.53 bits per heavy atom. The Hall–Kier alpha value is -0.970. The molecule has 0 bridgehead atoms. The standard InChI is InChI=1S/C7H14N4O4S2/c1-11-5-7(9-6-11)17(14,15)10-3-2-4-16(8,12)13/h5-6,10H,2-4H2,1H3,(H2,8,12,13). The number of hydrogen-bond acceptors (Lipinski definition) is 5. The Kier molecular flexibility index (Phi) is 4.25. The molecule has 17 heavy (non-hydrogen) atoms. The van der Waals surface area contributed by atoms with Crippen molar-refractivity contribution in [3.05, 3.63) is 12.5 Å². The van der Waals surface area contributed by atoms with E-state index in [-0.39, 0.29) is 23.7 Å². The number of nitrogens with two attached hydrogens (primary N) is 1. The number of aryl methyl sites for hydroxylation is 1. The summed E-state index contributed by atoms with van der Waals surface area (Å²) in [5.74, 6) is -0.266. The van der Waals surface area contributed by atoms with Crippen LogP contribution in [0, 0.1) is 0 Å². The van der Waals surface area contributed by atoms with E-state index in [0.29, 0.717) is 0 Å². The van der Waals surface area contributed by atoms with Gasteiger partial charge in [-0.25, -0.2) is 31.7 Å². The van der Waals surface area contributed by atoms with Crippen LogP contribution in [-0.4, -0.2) is 38.7 Å². The lowest BCUT2D eigenvalue weighted by Crippen LogP contribution is -2.27. The van der Waals surface area contributed by atoms with Gasteiger partial charge in [0, 0.05) is 19.8 Å². The Morgan fingerprint density at radius 2 is 2.06 bits per heavy atom.